The van der Waals surface area contributed by atoms with Crippen LogP contribution >= 0.6 is 0 Å². The van der Waals surface area contributed by atoms with Crippen molar-refractivity contribution in [3.05, 3.63) is 90.0 Å². The molecule has 0 saturated heterocycles. The van der Waals surface area contributed by atoms with Gasteiger partial charge in [-0.2, -0.15) is 0 Å². The first kappa shape index (κ1) is 17.5. The van der Waals surface area contributed by atoms with Gasteiger partial charge in [-0.1, -0.05) is 30.3 Å². The van der Waals surface area contributed by atoms with Crippen LogP contribution in [0.25, 0.3) is 0 Å². The maximum Gasteiger partial charge on any atom is 0.205 e. The van der Waals surface area contributed by atoms with E-state index in [1.54, 1.807) is 12.1 Å². The molecule has 0 amide bonds. The summed E-state index contributed by atoms with van der Waals surface area (Å²) in [7, 11) is 0. The molecule has 7 heteroatoms. The number of hydrogen-bond acceptors (Lipinski definition) is 1. The first-order valence-corrected chi connectivity index (χ1v) is 7.60. The minimum atomic E-state index is -0.909. The molecular weight excluding hydrogens is 346 g/mol. The standard InChI is InChI=1S/C19H13F4N3/c20-12-6-1-3-10-16(12)24-19(25-17-11-4-2-7-13(17)21)26-18-14(22)8-5-9-15(18)23/h1-11H,(H2,24,25,26). The second-order valence-electron chi connectivity index (χ2n) is 5.24. The zero-order valence-corrected chi connectivity index (χ0v) is 13.3. The van der Waals surface area contributed by atoms with Crippen molar-refractivity contribution in [3.8, 4) is 0 Å². The summed E-state index contributed by atoms with van der Waals surface area (Å²) in [5.74, 6) is -3.28. The van der Waals surface area contributed by atoms with Crippen LogP contribution in [0.5, 0.6) is 0 Å². The largest absolute Gasteiger partial charge is 0.323 e. The van der Waals surface area contributed by atoms with Crippen LogP contribution in [0.1, 0.15) is 0 Å². The van der Waals surface area contributed by atoms with Crippen LogP contribution in [0, 0.1) is 23.3 Å². The Hall–Kier alpha value is -3.35. The van der Waals surface area contributed by atoms with E-state index >= 15 is 0 Å². The second-order valence-corrected chi connectivity index (χ2v) is 5.24. The topological polar surface area (TPSA) is 36.4 Å². The number of para-hydroxylation sites is 3. The molecule has 0 spiro atoms. The van der Waals surface area contributed by atoms with Gasteiger partial charge >= 0.3 is 0 Å². The fourth-order valence-corrected chi connectivity index (χ4v) is 2.18. The van der Waals surface area contributed by atoms with Crippen LogP contribution in [0.4, 0.5) is 34.6 Å². The number of benzene rings is 3. The molecule has 3 aromatic rings. The summed E-state index contributed by atoms with van der Waals surface area (Å²) in [6.07, 6.45) is 0. The Labute approximate surface area is 147 Å². The number of halogens is 4. The quantitative estimate of drug-likeness (QED) is 0.370. The summed E-state index contributed by atoms with van der Waals surface area (Å²) in [5.41, 5.74) is -0.575. The third-order valence-corrected chi connectivity index (χ3v) is 3.42. The van der Waals surface area contributed by atoms with Gasteiger partial charge in [-0.3, -0.25) is 0 Å². The number of nitrogens with one attached hydrogen (secondary N) is 2. The van der Waals surface area contributed by atoms with Gasteiger partial charge in [0.15, 0.2) is 11.6 Å². The van der Waals surface area contributed by atoms with Gasteiger partial charge in [-0.25, -0.2) is 22.6 Å². The molecule has 0 aliphatic heterocycles. The molecule has 0 bridgehead atoms. The number of guanidine groups is 1. The first-order valence-electron chi connectivity index (χ1n) is 7.60. The zero-order valence-electron chi connectivity index (χ0n) is 13.3. The van der Waals surface area contributed by atoms with Crippen molar-refractivity contribution in [2.75, 3.05) is 10.6 Å². The fourth-order valence-electron chi connectivity index (χ4n) is 2.18. The lowest BCUT2D eigenvalue weighted by Crippen LogP contribution is -2.23. The Morgan fingerprint density at radius 1 is 0.577 bits per heavy atom. The number of aliphatic imine (C=N–C) groups is 1. The lowest BCUT2D eigenvalue weighted by Gasteiger charge is -2.14. The van der Waals surface area contributed by atoms with E-state index in [1.165, 1.54) is 42.5 Å². The van der Waals surface area contributed by atoms with Crippen LogP contribution < -0.4 is 10.6 Å². The third kappa shape index (κ3) is 4.00. The van der Waals surface area contributed by atoms with Crippen LogP contribution in [-0.2, 0) is 0 Å². The van der Waals surface area contributed by atoms with Gasteiger partial charge in [0.1, 0.15) is 17.3 Å². The van der Waals surface area contributed by atoms with Gasteiger partial charge in [0, 0.05) is 0 Å². The Morgan fingerprint density at radius 3 is 1.46 bits per heavy atom. The molecule has 0 fully saturated rings. The number of hydrogen-bond donors (Lipinski definition) is 2. The molecule has 26 heavy (non-hydrogen) atoms. The van der Waals surface area contributed by atoms with Gasteiger partial charge in [-0.15, -0.1) is 0 Å². The maximum absolute atomic E-state index is 13.9. The summed E-state index contributed by atoms with van der Waals surface area (Å²) >= 11 is 0. The molecule has 0 saturated carbocycles. The summed E-state index contributed by atoms with van der Waals surface area (Å²) in [6.45, 7) is 0. The molecule has 0 heterocycles. The highest BCUT2D eigenvalue weighted by Gasteiger charge is 2.12. The second kappa shape index (κ2) is 7.69. The van der Waals surface area contributed by atoms with Gasteiger partial charge < -0.3 is 10.6 Å². The van der Waals surface area contributed by atoms with Crippen LogP contribution in [0.15, 0.2) is 71.7 Å². The molecule has 132 valence electrons. The molecule has 0 unspecified atom stereocenters. The van der Waals surface area contributed by atoms with Crippen molar-refractivity contribution in [1.29, 1.82) is 0 Å². The number of rotatable bonds is 3. The summed E-state index contributed by atoms with van der Waals surface area (Å²) in [5, 5.41) is 5.18. The number of nitrogens with zero attached hydrogens (tertiary/aromatic N) is 1. The molecule has 0 aliphatic rings. The molecule has 3 rings (SSSR count). The normalized spacial score (nSPS) is 10.3. The van der Waals surface area contributed by atoms with E-state index in [9.17, 15) is 17.6 Å². The minimum absolute atomic E-state index is 0.00633. The highest BCUT2D eigenvalue weighted by molar-refractivity contribution is 6.05. The molecule has 0 aliphatic carbocycles. The average molecular weight is 359 g/mol. The van der Waals surface area contributed by atoms with E-state index in [1.807, 2.05) is 0 Å². The van der Waals surface area contributed by atoms with Crippen molar-refractivity contribution in [1.82, 2.24) is 0 Å². The monoisotopic (exact) mass is 359 g/mol. The smallest absolute Gasteiger partial charge is 0.205 e. The highest BCUT2D eigenvalue weighted by Crippen LogP contribution is 2.23. The van der Waals surface area contributed by atoms with Crippen molar-refractivity contribution in [3.63, 3.8) is 0 Å². The fraction of sp³-hybridized carbons (Fsp3) is 0. The van der Waals surface area contributed by atoms with Gasteiger partial charge in [0.25, 0.3) is 0 Å². The lowest BCUT2D eigenvalue weighted by atomic mass is 10.3. The molecule has 0 atom stereocenters. The minimum Gasteiger partial charge on any atom is -0.323 e. The first-order chi connectivity index (χ1) is 12.5. The summed E-state index contributed by atoms with van der Waals surface area (Å²) in [6, 6.07) is 14.6. The van der Waals surface area contributed by atoms with Crippen LogP contribution in [0.2, 0.25) is 0 Å². The zero-order chi connectivity index (χ0) is 18.5. The van der Waals surface area contributed by atoms with E-state index in [4.69, 9.17) is 0 Å². The molecule has 0 aromatic heterocycles. The Bertz CT molecular complexity index is 887. The van der Waals surface area contributed by atoms with Gasteiger partial charge in [-0.05, 0) is 36.4 Å². The molecule has 3 nitrogen and oxygen atoms in total. The molecular formula is C19H13F4N3. The Kier molecular flexibility index (Phi) is 5.17. The van der Waals surface area contributed by atoms with E-state index < -0.39 is 29.0 Å². The molecule has 2 N–H and O–H groups in total. The third-order valence-electron chi connectivity index (χ3n) is 3.42. The molecule has 0 radical (unpaired) electrons. The van der Waals surface area contributed by atoms with E-state index in [-0.39, 0.29) is 17.3 Å². The predicted octanol–water partition coefficient (Wildman–Crippen LogP) is 5.45. The SMILES string of the molecule is Fc1ccccc1NC(=Nc1c(F)cccc1F)Nc1ccccc1F. The van der Waals surface area contributed by atoms with Crippen molar-refractivity contribution < 1.29 is 17.6 Å². The molecule has 3 aromatic carbocycles. The average Bonchev–Trinajstić information content (AvgIpc) is 2.62. The Balaban J connectivity index is 2.02. The summed E-state index contributed by atoms with van der Waals surface area (Å²) < 4.78 is 55.6. The van der Waals surface area contributed by atoms with Crippen molar-refractivity contribution in [2.24, 2.45) is 4.99 Å². The predicted molar refractivity (Wildman–Crippen MR) is 93.5 cm³/mol. The van der Waals surface area contributed by atoms with Gasteiger partial charge in [0.05, 0.1) is 11.4 Å². The summed E-state index contributed by atoms with van der Waals surface area (Å²) in [4.78, 5) is 3.84. The van der Waals surface area contributed by atoms with E-state index in [0.29, 0.717) is 0 Å². The van der Waals surface area contributed by atoms with Crippen LogP contribution in [0.3, 0.4) is 0 Å². The lowest BCUT2D eigenvalue weighted by molar-refractivity contribution is 0.587. The van der Waals surface area contributed by atoms with Gasteiger partial charge in [0.2, 0.25) is 5.96 Å². The van der Waals surface area contributed by atoms with E-state index in [2.05, 4.69) is 15.6 Å². The Morgan fingerprint density at radius 2 is 1.00 bits per heavy atom. The highest BCUT2D eigenvalue weighted by atomic mass is 19.1. The van der Waals surface area contributed by atoms with Crippen molar-refractivity contribution >= 4 is 23.0 Å². The maximum atomic E-state index is 13.9. The van der Waals surface area contributed by atoms with Crippen LogP contribution in [-0.4, -0.2) is 5.96 Å². The van der Waals surface area contributed by atoms with E-state index in [0.717, 1.165) is 12.1 Å². The van der Waals surface area contributed by atoms with Crippen molar-refractivity contribution in [2.45, 2.75) is 0 Å². The number of anilines is 2.